The SMILES string of the molecule is COCCOc1cccc(Nc2nc(N(Cc3ccccc3)Cc3ccccc3)c3ncn(-c4cccc(NC(=O)CCl)c4)c3n2)c1. The Balaban J connectivity index is 1.45. The van der Waals surface area contributed by atoms with Crippen molar-refractivity contribution in [3.63, 3.8) is 0 Å². The highest BCUT2D eigenvalue weighted by atomic mass is 35.5. The normalized spacial score (nSPS) is 10.9. The molecule has 0 atom stereocenters. The maximum Gasteiger partial charge on any atom is 0.239 e. The first kappa shape index (κ1) is 31.5. The lowest BCUT2D eigenvalue weighted by Crippen LogP contribution is -2.24. The van der Waals surface area contributed by atoms with E-state index in [1.54, 1.807) is 13.4 Å². The molecule has 0 aliphatic heterocycles. The first-order valence-corrected chi connectivity index (χ1v) is 15.7. The molecule has 0 saturated carbocycles. The molecule has 1 amide bonds. The highest BCUT2D eigenvalue weighted by Crippen LogP contribution is 2.31. The minimum atomic E-state index is -0.290. The van der Waals surface area contributed by atoms with Crippen LogP contribution in [0.1, 0.15) is 11.1 Å². The average Bonchev–Trinajstić information content (AvgIpc) is 3.53. The van der Waals surface area contributed by atoms with Gasteiger partial charge in [-0.15, -0.1) is 11.6 Å². The van der Waals surface area contributed by atoms with Gasteiger partial charge >= 0.3 is 0 Å². The summed E-state index contributed by atoms with van der Waals surface area (Å²) >= 11 is 5.74. The maximum atomic E-state index is 12.0. The van der Waals surface area contributed by atoms with Gasteiger partial charge in [0.15, 0.2) is 17.0 Å². The molecule has 0 fully saturated rings. The molecule has 0 bridgehead atoms. The van der Waals surface area contributed by atoms with Crippen molar-refractivity contribution in [2.75, 3.05) is 41.7 Å². The molecule has 6 aromatic rings. The van der Waals surface area contributed by atoms with Gasteiger partial charge in [0.05, 0.1) is 12.3 Å². The number of carbonyl (C=O) groups excluding carboxylic acids is 1. The van der Waals surface area contributed by atoms with E-state index < -0.39 is 0 Å². The summed E-state index contributed by atoms with van der Waals surface area (Å²) in [4.78, 5) is 29.1. The molecule has 2 N–H and O–H groups in total. The van der Waals surface area contributed by atoms with Crippen molar-refractivity contribution in [2.45, 2.75) is 13.1 Å². The van der Waals surface area contributed by atoms with Crippen LogP contribution in [0.15, 0.2) is 116 Å². The number of amides is 1. The van der Waals surface area contributed by atoms with Crippen LogP contribution >= 0.6 is 11.6 Å². The Bertz CT molecular complexity index is 1890. The van der Waals surface area contributed by atoms with Crippen LogP contribution in [0.2, 0.25) is 0 Å². The summed E-state index contributed by atoms with van der Waals surface area (Å²) < 4.78 is 12.8. The first-order chi connectivity index (χ1) is 23.1. The summed E-state index contributed by atoms with van der Waals surface area (Å²) in [5.41, 5.74) is 5.64. The van der Waals surface area contributed by atoms with E-state index in [1.807, 2.05) is 89.5 Å². The molecule has 6 rings (SSSR count). The van der Waals surface area contributed by atoms with Crippen molar-refractivity contribution in [2.24, 2.45) is 0 Å². The molecule has 2 aromatic heterocycles. The fraction of sp³-hybridized carbons (Fsp3) is 0.167. The second-order valence-electron chi connectivity index (χ2n) is 10.7. The third kappa shape index (κ3) is 8.04. The predicted molar refractivity (Wildman–Crippen MR) is 186 cm³/mol. The lowest BCUT2D eigenvalue weighted by molar-refractivity contribution is -0.113. The van der Waals surface area contributed by atoms with E-state index in [0.29, 0.717) is 60.7 Å². The fourth-order valence-electron chi connectivity index (χ4n) is 5.13. The van der Waals surface area contributed by atoms with Crippen molar-refractivity contribution in [1.82, 2.24) is 19.5 Å². The highest BCUT2D eigenvalue weighted by molar-refractivity contribution is 6.29. The summed E-state index contributed by atoms with van der Waals surface area (Å²) in [6.45, 7) is 2.11. The number of nitrogens with one attached hydrogen (secondary N) is 2. The molecule has 0 aliphatic carbocycles. The number of anilines is 4. The number of hydrogen-bond donors (Lipinski definition) is 2. The number of ether oxygens (including phenoxy) is 2. The number of carbonyl (C=O) groups is 1. The van der Waals surface area contributed by atoms with E-state index in [1.165, 1.54) is 0 Å². The molecular weight excluding hydrogens is 614 g/mol. The molecule has 238 valence electrons. The van der Waals surface area contributed by atoms with E-state index >= 15 is 0 Å². The number of fused-ring (bicyclic) bond motifs is 1. The fourth-order valence-corrected chi connectivity index (χ4v) is 5.19. The lowest BCUT2D eigenvalue weighted by atomic mass is 10.1. The Labute approximate surface area is 278 Å². The molecule has 11 heteroatoms. The number of imidazole rings is 1. The molecule has 10 nitrogen and oxygen atoms in total. The zero-order chi connectivity index (χ0) is 32.4. The van der Waals surface area contributed by atoms with Crippen LogP contribution in [0.4, 0.5) is 23.1 Å². The molecule has 0 aliphatic rings. The van der Waals surface area contributed by atoms with Crippen LogP contribution in [-0.4, -0.2) is 51.6 Å². The van der Waals surface area contributed by atoms with Gasteiger partial charge in [-0.1, -0.05) is 72.8 Å². The highest BCUT2D eigenvalue weighted by Gasteiger charge is 2.21. The lowest BCUT2D eigenvalue weighted by Gasteiger charge is -2.25. The summed E-state index contributed by atoms with van der Waals surface area (Å²) in [5.74, 6) is 1.33. The topological polar surface area (TPSA) is 106 Å². The third-order valence-electron chi connectivity index (χ3n) is 7.29. The van der Waals surface area contributed by atoms with Gasteiger partial charge in [0.25, 0.3) is 0 Å². The van der Waals surface area contributed by atoms with Crippen molar-refractivity contribution in [3.05, 3.63) is 127 Å². The van der Waals surface area contributed by atoms with E-state index in [4.69, 9.17) is 36.0 Å². The quantitative estimate of drug-likeness (QED) is 0.0965. The van der Waals surface area contributed by atoms with Crippen LogP contribution in [0.3, 0.4) is 0 Å². The van der Waals surface area contributed by atoms with Crippen LogP contribution in [0.25, 0.3) is 16.9 Å². The second kappa shape index (κ2) is 15.2. The van der Waals surface area contributed by atoms with Crippen molar-refractivity contribution >= 4 is 51.8 Å². The van der Waals surface area contributed by atoms with Gasteiger partial charge in [0.1, 0.15) is 24.6 Å². The monoisotopic (exact) mass is 647 g/mol. The molecule has 0 unspecified atom stereocenters. The molecule has 0 saturated heterocycles. The van der Waals surface area contributed by atoms with Gasteiger partial charge in [0, 0.05) is 37.6 Å². The Morgan fingerprint density at radius 3 is 2.23 bits per heavy atom. The van der Waals surface area contributed by atoms with Crippen LogP contribution in [0, 0.1) is 0 Å². The Hall–Kier alpha value is -5.45. The van der Waals surface area contributed by atoms with Gasteiger partial charge in [-0.05, 0) is 41.5 Å². The number of benzene rings is 4. The van der Waals surface area contributed by atoms with Crippen LogP contribution in [0.5, 0.6) is 5.75 Å². The molecule has 2 heterocycles. The van der Waals surface area contributed by atoms with Crippen LogP contribution < -0.4 is 20.3 Å². The second-order valence-corrected chi connectivity index (χ2v) is 11.0. The molecular formula is C36H34ClN7O3. The Kier molecular flexibility index (Phi) is 10.2. The predicted octanol–water partition coefficient (Wildman–Crippen LogP) is 6.97. The number of halogens is 1. The summed E-state index contributed by atoms with van der Waals surface area (Å²) in [6, 6.07) is 35.6. The van der Waals surface area contributed by atoms with Crippen LogP contribution in [-0.2, 0) is 22.6 Å². The van der Waals surface area contributed by atoms with Gasteiger partial charge in [0.2, 0.25) is 11.9 Å². The zero-order valence-corrected chi connectivity index (χ0v) is 26.6. The van der Waals surface area contributed by atoms with Crippen molar-refractivity contribution in [3.8, 4) is 11.4 Å². The first-order valence-electron chi connectivity index (χ1n) is 15.1. The van der Waals surface area contributed by atoms with Gasteiger partial charge in [-0.3, -0.25) is 9.36 Å². The molecule has 0 radical (unpaired) electrons. The van der Waals surface area contributed by atoms with Crippen molar-refractivity contribution in [1.29, 1.82) is 0 Å². The van der Waals surface area contributed by atoms with Gasteiger partial charge < -0.3 is 25.0 Å². The maximum absolute atomic E-state index is 12.0. The number of alkyl halides is 1. The zero-order valence-electron chi connectivity index (χ0n) is 25.8. The largest absolute Gasteiger partial charge is 0.491 e. The summed E-state index contributed by atoms with van der Waals surface area (Å²) in [7, 11) is 1.64. The van der Waals surface area contributed by atoms with E-state index in [9.17, 15) is 4.79 Å². The summed E-state index contributed by atoms with van der Waals surface area (Å²) in [5, 5.41) is 6.21. The van der Waals surface area contributed by atoms with E-state index in [-0.39, 0.29) is 11.8 Å². The smallest absolute Gasteiger partial charge is 0.239 e. The minimum absolute atomic E-state index is 0.138. The summed E-state index contributed by atoms with van der Waals surface area (Å²) in [6.07, 6.45) is 1.72. The number of rotatable bonds is 14. The minimum Gasteiger partial charge on any atom is -0.491 e. The van der Waals surface area contributed by atoms with Gasteiger partial charge in [-0.25, -0.2) is 4.98 Å². The van der Waals surface area contributed by atoms with E-state index in [2.05, 4.69) is 39.8 Å². The standard InChI is InChI=1S/C36H34ClN7O3/c1-46-18-19-47-31-17-9-15-29(21-31)40-36-41-34(43(23-26-10-4-2-5-11-26)24-27-12-6-3-7-13-27)33-35(42-36)44(25-38-33)30-16-8-14-28(20-30)39-32(45)22-37/h2-17,20-21,25H,18-19,22-24H2,1H3,(H,39,45)(H,40,41,42). The van der Waals surface area contributed by atoms with Gasteiger partial charge in [-0.2, -0.15) is 9.97 Å². The number of nitrogens with zero attached hydrogens (tertiary/aromatic N) is 5. The number of methoxy groups -OCH3 is 1. The number of hydrogen-bond acceptors (Lipinski definition) is 8. The molecule has 4 aromatic carbocycles. The average molecular weight is 648 g/mol. The van der Waals surface area contributed by atoms with Crippen molar-refractivity contribution < 1.29 is 14.3 Å². The third-order valence-corrected chi connectivity index (χ3v) is 7.53. The molecule has 0 spiro atoms. The molecule has 47 heavy (non-hydrogen) atoms. The Morgan fingerprint density at radius 2 is 1.53 bits per heavy atom. The van der Waals surface area contributed by atoms with E-state index in [0.717, 1.165) is 22.5 Å². The Morgan fingerprint density at radius 1 is 0.830 bits per heavy atom. The number of aromatic nitrogens is 4.